The van der Waals surface area contributed by atoms with Gasteiger partial charge in [-0.2, -0.15) is 0 Å². The van der Waals surface area contributed by atoms with E-state index >= 15 is 0 Å². The first-order valence-corrected chi connectivity index (χ1v) is 8.77. The number of nitrogens with zero attached hydrogens (tertiary/aromatic N) is 1. The maximum atomic E-state index is 12.2. The third-order valence-electron chi connectivity index (χ3n) is 3.55. The lowest BCUT2D eigenvalue weighted by Gasteiger charge is -2.22. The first kappa shape index (κ1) is 16.9. The van der Waals surface area contributed by atoms with Gasteiger partial charge >= 0.3 is 0 Å². The first-order valence-electron chi connectivity index (χ1n) is 7.16. The van der Waals surface area contributed by atoms with Gasteiger partial charge in [0.1, 0.15) is 0 Å². The molecule has 2 N–H and O–H groups in total. The molecule has 6 heteroatoms. The van der Waals surface area contributed by atoms with Crippen LogP contribution in [0.25, 0.3) is 0 Å². The highest BCUT2D eigenvalue weighted by molar-refractivity contribution is 7.89. The molecular formula is C13H28N2O3S. The number of nitrogens with one attached hydrogen (secondary N) is 1. The number of hydrogen-bond donors (Lipinski definition) is 2. The molecule has 5 nitrogen and oxygen atoms in total. The fraction of sp³-hybridized carbons (Fsp3) is 1.00. The van der Waals surface area contributed by atoms with Gasteiger partial charge in [0.25, 0.3) is 0 Å². The average molecular weight is 292 g/mol. The Labute approximate surface area is 117 Å². The quantitative estimate of drug-likeness (QED) is 0.715. The van der Waals surface area contributed by atoms with E-state index in [0.717, 1.165) is 13.0 Å². The Kier molecular flexibility index (Phi) is 6.23. The largest absolute Gasteiger partial charge is 0.390 e. The summed E-state index contributed by atoms with van der Waals surface area (Å²) in [4.78, 5) is 0. The van der Waals surface area contributed by atoms with Crippen molar-refractivity contribution in [1.29, 1.82) is 0 Å². The van der Waals surface area contributed by atoms with Gasteiger partial charge in [0.15, 0.2) is 0 Å². The van der Waals surface area contributed by atoms with E-state index in [1.54, 1.807) is 11.2 Å². The van der Waals surface area contributed by atoms with Gasteiger partial charge in [0.2, 0.25) is 10.0 Å². The van der Waals surface area contributed by atoms with Gasteiger partial charge in [-0.25, -0.2) is 12.7 Å². The van der Waals surface area contributed by atoms with Crippen molar-refractivity contribution < 1.29 is 13.5 Å². The zero-order valence-electron chi connectivity index (χ0n) is 12.4. The fourth-order valence-electron chi connectivity index (χ4n) is 2.29. The minimum atomic E-state index is -3.17. The van der Waals surface area contributed by atoms with Crippen LogP contribution in [-0.2, 0) is 10.0 Å². The molecule has 0 aromatic carbocycles. The average Bonchev–Trinajstić information content (AvgIpc) is 2.46. The standard InChI is InChI=1S/C13H28N2O3S/c1-12(2)14-8-5-11-19(17,18)15-9-4-6-13(3,16)7-10-15/h12,14,16H,4-11H2,1-3H3. The third-order valence-corrected chi connectivity index (χ3v) is 5.50. The molecule has 1 unspecified atom stereocenters. The molecule has 1 rings (SSSR count). The van der Waals surface area contributed by atoms with Gasteiger partial charge in [-0.05, 0) is 39.2 Å². The van der Waals surface area contributed by atoms with Crippen molar-refractivity contribution in [3.8, 4) is 0 Å². The Morgan fingerprint density at radius 1 is 1.32 bits per heavy atom. The van der Waals surface area contributed by atoms with E-state index in [9.17, 15) is 13.5 Å². The minimum Gasteiger partial charge on any atom is -0.390 e. The van der Waals surface area contributed by atoms with Gasteiger partial charge < -0.3 is 10.4 Å². The highest BCUT2D eigenvalue weighted by Crippen LogP contribution is 2.23. The van der Waals surface area contributed by atoms with Crippen LogP contribution in [-0.4, -0.2) is 54.9 Å². The van der Waals surface area contributed by atoms with Gasteiger partial charge in [-0.1, -0.05) is 13.8 Å². The van der Waals surface area contributed by atoms with Crippen molar-refractivity contribution in [3.05, 3.63) is 0 Å². The molecular weight excluding hydrogens is 264 g/mol. The number of hydrogen-bond acceptors (Lipinski definition) is 4. The highest BCUT2D eigenvalue weighted by Gasteiger charge is 2.30. The van der Waals surface area contributed by atoms with Crippen LogP contribution in [0, 0.1) is 0 Å². The molecule has 19 heavy (non-hydrogen) atoms. The molecule has 1 aliphatic heterocycles. The summed E-state index contributed by atoms with van der Waals surface area (Å²) in [6.07, 6.45) is 2.56. The zero-order chi connectivity index (χ0) is 14.5. The third kappa shape index (κ3) is 6.21. The molecule has 0 saturated carbocycles. The van der Waals surface area contributed by atoms with Crippen LogP contribution in [0.3, 0.4) is 0 Å². The molecule has 1 aliphatic rings. The molecule has 0 bridgehead atoms. The Bertz CT molecular complexity index is 366. The van der Waals surface area contributed by atoms with Crippen molar-refractivity contribution in [2.75, 3.05) is 25.4 Å². The molecule has 0 aromatic heterocycles. The molecule has 114 valence electrons. The Hall–Kier alpha value is -0.170. The number of sulfonamides is 1. The van der Waals surface area contributed by atoms with Crippen molar-refractivity contribution in [2.24, 2.45) is 0 Å². The second-order valence-electron chi connectivity index (χ2n) is 6.03. The van der Waals surface area contributed by atoms with E-state index in [4.69, 9.17) is 0 Å². The maximum Gasteiger partial charge on any atom is 0.214 e. The van der Waals surface area contributed by atoms with Crippen LogP contribution in [0.15, 0.2) is 0 Å². The van der Waals surface area contributed by atoms with Gasteiger partial charge in [0, 0.05) is 19.1 Å². The van der Waals surface area contributed by atoms with E-state index in [2.05, 4.69) is 5.32 Å². The Morgan fingerprint density at radius 2 is 2.00 bits per heavy atom. The second-order valence-corrected chi connectivity index (χ2v) is 8.12. The smallest absolute Gasteiger partial charge is 0.214 e. The predicted molar refractivity (Wildman–Crippen MR) is 77.6 cm³/mol. The van der Waals surface area contributed by atoms with Crippen LogP contribution < -0.4 is 5.32 Å². The van der Waals surface area contributed by atoms with Crippen LogP contribution in [0.4, 0.5) is 0 Å². The molecule has 0 spiro atoms. The molecule has 0 amide bonds. The molecule has 0 radical (unpaired) electrons. The van der Waals surface area contributed by atoms with Crippen LogP contribution in [0.2, 0.25) is 0 Å². The van der Waals surface area contributed by atoms with Gasteiger partial charge in [-0.15, -0.1) is 0 Å². The van der Waals surface area contributed by atoms with E-state index in [-0.39, 0.29) is 5.75 Å². The molecule has 1 fully saturated rings. The normalized spacial score (nSPS) is 26.6. The summed E-state index contributed by atoms with van der Waals surface area (Å²) in [7, 11) is -3.17. The predicted octanol–water partition coefficient (Wildman–Crippen LogP) is 0.941. The minimum absolute atomic E-state index is 0.189. The number of aliphatic hydroxyl groups is 1. The van der Waals surface area contributed by atoms with Crippen molar-refractivity contribution in [2.45, 2.75) is 58.1 Å². The molecule has 0 aliphatic carbocycles. The lowest BCUT2D eigenvalue weighted by molar-refractivity contribution is 0.0465. The van der Waals surface area contributed by atoms with Crippen molar-refractivity contribution >= 4 is 10.0 Å². The lowest BCUT2D eigenvalue weighted by atomic mass is 9.98. The summed E-state index contributed by atoms with van der Waals surface area (Å²) >= 11 is 0. The van der Waals surface area contributed by atoms with Crippen molar-refractivity contribution in [3.63, 3.8) is 0 Å². The van der Waals surface area contributed by atoms with E-state index < -0.39 is 15.6 Å². The summed E-state index contributed by atoms with van der Waals surface area (Å²) in [5.41, 5.74) is -0.719. The SMILES string of the molecule is CC(C)NCCCS(=O)(=O)N1CCCC(C)(O)CC1. The maximum absolute atomic E-state index is 12.2. The zero-order valence-corrected chi connectivity index (χ0v) is 13.2. The number of rotatable bonds is 6. The van der Waals surface area contributed by atoms with E-state index in [0.29, 0.717) is 38.4 Å². The second kappa shape index (κ2) is 7.02. The summed E-state index contributed by atoms with van der Waals surface area (Å²) in [6, 6.07) is 0.385. The lowest BCUT2D eigenvalue weighted by Crippen LogP contribution is -2.36. The topological polar surface area (TPSA) is 69.6 Å². The summed E-state index contributed by atoms with van der Waals surface area (Å²) < 4.78 is 26.0. The molecule has 1 atom stereocenters. The van der Waals surface area contributed by atoms with Crippen LogP contribution in [0.5, 0.6) is 0 Å². The fourth-order valence-corrected chi connectivity index (χ4v) is 3.84. The first-order chi connectivity index (χ1) is 8.73. The van der Waals surface area contributed by atoms with Gasteiger partial charge in [-0.3, -0.25) is 0 Å². The molecule has 0 aromatic rings. The van der Waals surface area contributed by atoms with Crippen LogP contribution >= 0.6 is 0 Å². The summed E-state index contributed by atoms with van der Waals surface area (Å²) in [5.74, 6) is 0.189. The van der Waals surface area contributed by atoms with E-state index in [1.165, 1.54) is 0 Å². The Balaban J connectivity index is 2.44. The summed E-state index contributed by atoms with van der Waals surface area (Å²) in [6.45, 7) is 7.58. The van der Waals surface area contributed by atoms with Gasteiger partial charge in [0.05, 0.1) is 11.4 Å². The Morgan fingerprint density at radius 3 is 2.63 bits per heavy atom. The van der Waals surface area contributed by atoms with Crippen LogP contribution in [0.1, 0.15) is 46.5 Å². The van der Waals surface area contributed by atoms with Crippen molar-refractivity contribution in [1.82, 2.24) is 9.62 Å². The molecule has 1 heterocycles. The summed E-state index contributed by atoms with van der Waals surface area (Å²) in [5, 5.41) is 13.2. The van der Waals surface area contributed by atoms with E-state index in [1.807, 2.05) is 13.8 Å². The highest BCUT2D eigenvalue weighted by atomic mass is 32.2. The monoisotopic (exact) mass is 292 g/mol. The molecule has 1 saturated heterocycles.